The topological polar surface area (TPSA) is 80.8 Å². The van der Waals surface area contributed by atoms with Gasteiger partial charge in [-0.05, 0) is 52.3 Å². The number of nitrogens with two attached hydrogens (primary N) is 1. The average Bonchev–Trinajstić information content (AvgIpc) is 3.01. The Bertz CT molecular complexity index is 929. The number of anilines is 1. The summed E-state index contributed by atoms with van der Waals surface area (Å²) in [6.07, 6.45) is 0. The molecule has 0 amide bonds. The van der Waals surface area contributed by atoms with Crippen LogP contribution in [0.2, 0.25) is 0 Å². The molecule has 0 bridgehead atoms. The Kier molecular flexibility index (Phi) is 5.46. The van der Waals surface area contributed by atoms with E-state index in [0.29, 0.717) is 33.2 Å². The summed E-state index contributed by atoms with van der Waals surface area (Å²) in [6.45, 7) is 0. The Balaban J connectivity index is 2.13. The SMILES string of the molecule is COc1ccc(-n2nc(-c3cc(OC)c(OC)c(OC)c3)c(Br)c2N)cc1. The monoisotopic (exact) mass is 433 g/mol. The molecule has 0 aliphatic rings. The fraction of sp³-hybridized carbons (Fsp3) is 0.211. The van der Waals surface area contributed by atoms with Crippen LogP contribution in [0.15, 0.2) is 40.9 Å². The number of aromatic nitrogens is 2. The number of rotatable bonds is 6. The van der Waals surface area contributed by atoms with Crippen LogP contribution in [-0.2, 0) is 0 Å². The maximum atomic E-state index is 6.28. The molecule has 1 heterocycles. The van der Waals surface area contributed by atoms with Crippen molar-refractivity contribution < 1.29 is 18.9 Å². The molecule has 0 atom stereocenters. The lowest BCUT2D eigenvalue weighted by Crippen LogP contribution is -2.01. The Morgan fingerprint density at radius 2 is 1.48 bits per heavy atom. The Hall–Kier alpha value is -2.87. The first-order valence-electron chi connectivity index (χ1n) is 8.02. The molecular weight excluding hydrogens is 414 g/mol. The van der Waals surface area contributed by atoms with Crippen molar-refractivity contribution in [2.24, 2.45) is 0 Å². The summed E-state index contributed by atoms with van der Waals surface area (Å²) in [5, 5.41) is 4.66. The molecule has 0 aliphatic carbocycles. The Morgan fingerprint density at radius 3 is 1.96 bits per heavy atom. The highest BCUT2D eigenvalue weighted by atomic mass is 79.9. The summed E-state index contributed by atoms with van der Waals surface area (Å²) in [7, 11) is 6.32. The molecule has 27 heavy (non-hydrogen) atoms. The molecule has 0 unspecified atom stereocenters. The third kappa shape index (κ3) is 3.40. The third-order valence-electron chi connectivity index (χ3n) is 4.12. The highest BCUT2D eigenvalue weighted by Gasteiger charge is 2.20. The van der Waals surface area contributed by atoms with Gasteiger partial charge in [0, 0.05) is 5.56 Å². The first-order valence-corrected chi connectivity index (χ1v) is 8.82. The summed E-state index contributed by atoms with van der Waals surface area (Å²) in [4.78, 5) is 0. The number of methoxy groups -OCH3 is 4. The fourth-order valence-corrected chi connectivity index (χ4v) is 3.21. The van der Waals surface area contributed by atoms with Crippen LogP contribution in [0.3, 0.4) is 0 Å². The normalized spacial score (nSPS) is 10.6. The van der Waals surface area contributed by atoms with Gasteiger partial charge in [0.2, 0.25) is 5.75 Å². The molecular formula is C19H20BrN3O4. The molecule has 0 spiro atoms. The molecule has 3 aromatic rings. The van der Waals surface area contributed by atoms with Gasteiger partial charge in [0.05, 0.1) is 38.6 Å². The van der Waals surface area contributed by atoms with E-state index < -0.39 is 0 Å². The van der Waals surface area contributed by atoms with Gasteiger partial charge in [-0.1, -0.05) is 0 Å². The minimum Gasteiger partial charge on any atom is -0.497 e. The van der Waals surface area contributed by atoms with E-state index in [2.05, 4.69) is 21.0 Å². The summed E-state index contributed by atoms with van der Waals surface area (Å²) >= 11 is 3.55. The first-order chi connectivity index (χ1) is 13.0. The summed E-state index contributed by atoms with van der Waals surface area (Å²) < 4.78 is 23.8. The quantitative estimate of drug-likeness (QED) is 0.634. The smallest absolute Gasteiger partial charge is 0.203 e. The third-order valence-corrected chi connectivity index (χ3v) is 4.90. The van der Waals surface area contributed by atoms with Gasteiger partial charge in [0.1, 0.15) is 17.3 Å². The Morgan fingerprint density at radius 1 is 0.889 bits per heavy atom. The van der Waals surface area contributed by atoms with Crippen molar-refractivity contribution in [1.82, 2.24) is 9.78 Å². The van der Waals surface area contributed by atoms with Gasteiger partial charge in [-0.25, -0.2) is 4.68 Å². The zero-order chi connectivity index (χ0) is 19.6. The second-order valence-corrected chi connectivity index (χ2v) is 6.36. The van der Waals surface area contributed by atoms with Gasteiger partial charge in [-0.15, -0.1) is 0 Å². The highest BCUT2D eigenvalue weighted by molar-refractivity contribution is 9.10. The predicted octanol–water partition coefficient (Wildman–Crippen LogP) is 3.92. The number of nitrogens with zero attached hydrogens (tertiary/aromatic N) is 2. The molecule has 142 valence electrons. The second-order valence-electron chi connectivity index (χ2n) is 5.57. The number of nitrogen functional groups attached to an aromatic ring is 1. The van der Waals surface area contributed by atoms with E-state index >= 15 is 0 Å². The van der Waals surface area contributed by atoms with Crippen LogP contribution < -0.4 is 24.7 Å². The largest absolute Gasteiger partial charge is 0.497 e. The van der Waals surface area contributed by atoms with Gasteiger partial charge in [0.15, 0.2) is 11.5 Å². The maximum absolute atomic E-state index is 6.28. The Labute approximate surface area is 165 Å². The summed E-state index contributed by atoms with van der Waals surface area (Å²) in [6, 6.07) is 11.1. The first kappa shape index (κ1) is 18.9. The summed E-state index contributed by atoms with van der Waals surface area (Å²) in [5.41, 5.74) is 8.52. The number of benzene rings is 2. The van der Waals surface area contributed by atoms with Crippen LogP contribution in [0.1, 0.15) is 0 Å². The molecule has 2 aromatic carbocycles. The van der Waals surface area contributed by atoms with Crippen LogP contribution in [0, 0.1) is 0 Å². The van der Waals surface area contributed by atoms with Crippen LogP contribution in [-0.4, -0.2) is 38.2 Å². The van der Waals surface area contributed by atoms with Crippen LogP contribution in [0.4, 0.5) is 5.82 Å². The van der Waals surface area contributed by atoms with Crippen molar-refractivity contribution in [2.75, 3.05) is 34.2 Å². The fourth-order valence-electron chi connectivity index (χ4n) is 2.73. The van der Waals surface area contributed by atoms with Crippen molar-refractivity contribution in [3.8, 4) is 39.9 Å². The zero-order valence-corrected chi connectivity index (χ0v) is 17.0. The van der Waals surface area contributed by atoms with Gasteiger partial charge >= 0.3 is 0 Å². The van der Waals surface area contributed by atoms with Crippen LogP contribution >= 0.6 is 15.9 Å². The molecule has 0 radical (unpaired) electrons. The van der Waals surface area contributed by atoms with Crippen LogP contribution in [0.25, 0.3) is 16.9 Å². The second kappa shape index (κ2) is 7.79. The molecule has 1 aromatic heterocycles. The number of ether oxygens (including phenoxy) is 4. The zero-order valence-electron chi connectivity index (χ0n) is 15.4. The van der Waals surface area contributed by atoms with E-state index in [9.17, 15) is 0 Å². The molecule has 7 nitrogen and oxygen atoms in total. The number of halogens is 1. The van der Waals surface area contributed by atoms with Gasteiger partial charge in [-0.2, -0.15) is 5.10 Å². The van der Waals surface area contributed by atoms with E-state index in [-0.39, 0.29) is 0 Å². The van der Waals surface area contributed by atoms with Crippen molar-refractivity contribution in [3.63, 3.8) is 0 Å². The van der Waals surface area contributed by atoms with E-state index in [1.165, 1.54) is 0 Å². The molecule has 0 saturated heterocycles. The van der Waals surface area contributed by atoms with Crippen molar-refractivity contribution >= 4 is 21.7 Å². The van der Waals surface area contributed by atoms with Crippen LogP contribution in [0.5, 0.6) is 23.0 Å². The van der Waals surface area contributed by atoms with Gasteiger partial charge < -0.3 is 24.7 Å². The van der Waals surface area contributed by atoms with E-state index in [1.54, 1.807) is 33.1 Å². The molecule has 3 rings (SSSR count). The standard InChI is InChI=1S/C19H20BrN3O4/c1-24-13-7-5-12(6-8-13)23-19(21)16(20)17(22-23)11-9-14(25-2)18(27-4)15(10-11)26-3/h5-10H,21H2,1-4H3. The molecule has 0 fully saturated rings. The predicted molar refractivity (Wildman–Crippen MR) is 107 cm³/mol. The maximum Gasteiger partial charge on any atom is 0.203 e. The van der Waals surface area contributed by atoms with E-state index in [1.807, 2.05) is 36.4 Å². The van der Waals surface area contributed by atoms with E-state index in [0.717, 1.165) is 17.0 Å². The lowest BCUT2D eigenvalue weighted by atomic mass is 10.1. The van der Waals surface area contributed by atoms with Crippen molar-refractivity contribution in [3.05, 3.63) is 40.9 Å². The molecule has 0 aliphatic heterocycles. The average molecular weight is 434 g/mol. The lowest BCUT2D eigenvalue weighted by molar-refractivity contribution is 0.324. The summed E-state index contributed by atoms with van der Waals surface area (Å²) in [5.74, 6) is 2.83. The molecule has 8 heteroatoms. The van der Waals surface area contributed by atoms with Gasteiger partial charge in [-0.3, -0.25) is 0 Å². The lowest BCUT2D eigenvalue weighted by Gasteiger charge is -2.13. The minimum atomic E-state index is 0.476. The van der Waals surface area contributed by atoms with Gasteiger partial charge in [0.25, 0.3) is 0 Å². The number of hydrogen-bond donors (Lipinski definition) is 1. The molecule has 2 N–H and O–H groups in total. The highest BCUT2D eigenvalue weighted by Crippen LogP contribution is 2.43. The minimum absolute atomic E-state index is 0.476. The van der Waals surface area contributed by atoms with E-state index in [4.69, 9.17) is 24.7 Å². The molecule has 0 saturated carbocycles. The number of hydrogen-bond acceptors (Lipinski definition) is 6. The van der Waals surface area contributed by atoms with Crippen molar-refractivity contribution in [1.29, 1.82) is 0 Å². The van der Waals surface area contributed by atoms with Crippen molar-refractivity contribution in [2.45, 2.75) is 0 Å².